The summed E-state index contributed by atoms with van der Waals surface area (Å²) >= 11 is 1.75. The van der Waals surface area contributed by atoms with E-state index in [0.717, 1.165) is 24.2 Å². The van der Waals surface area contributed by atoms with Gasteiger partial charge in [0.05, 0.1) is 18.2 Å². The highest BCUT2D eigenvalue weighted by molar-refractivity contribution is 7.99. The van der Waals surface area contributed by atoms with Crippen LogP contribution in [0.5, 0.6) is 0 Å². The Morgan fingerprint density at radius 2 is 1.92 bits per heavy atom. The van der Waals surface area contributed by atoms with Gasteiger partial charge < -0.3 is 15.4 Å². The van der Waals surface area contributed by atoms with Crippen LogP contribution in [0.1, 0.15) is 51.6 Å². The minimum Gasteiger partial charge on any atom is -0.463 e. The Balaban J connectivity index is 2.39. The van der Waals surface area contributed by atoms with E-state index in [4.69, 9.17) is 4.74 Å². The fourth-order valence-corrected chi connectivity index (χ4v) is 3.45. The zero-order valence-electron chi connectivity index (χ0n) is 15.1. The Hall–Kier alpha value is -1.95. The fraction of sp³-hybridized carbons (Fsp3) is 0.474. The topological polar surface area (TPSA) is 67.4 Å². The number of urea groups is 1. The van der Waals surface area contributed by atoms with Crippen LogP contribution in [-0.4, -0.2) is 24.4 Å². The standard InChI is InChI=1S/C19H26N2O3S/c1-4-7-8-15-16(18(22)24-5-2)17(21-19(23)20-15)13-9-11-14(12-10-13)25-6-3/h9-12,17H,4-8H2,1-3H3,(H2,20,21,23). The highest BCUT2D eigenvalue weighted by Gasteiger charge is 2.33. The van der Waals surface area contributed by atoms with E-state index in [2.05, 4.69) is 24.5 Å². The van der Waals surface area contributed by atoms with Crippen molar-refractivity contribution >= 4 is 23.8 Å². The predicted octanol–water partition coefficient (Wildman–Crippen LogP) is 4.16. The summed E-state index contributed by atoms with van der Waals surface area (Å²) in [5.41, 5.74) is 2.05. The number of carbonyl (C=O) groups excluding carboxylic acids is 2. The number of hydrogen-bond donors (Lipinski definition) is 2. The molecule has 1 aliphatic heterocycles. The van der Waals surface area contributed by atoms with Gasteiger partial charge in [-0.15, -0.1) is 11.8 Å². The van der Waals surface area contributed by atoms with Gasteiger partial charge in [-0.3, -0.25) is 0 Å². The number of thioether (sulfide) groups is 1. The van der Waals surface area contributed by atoms with Gasteiger partial charge in [-0.2, -0.15) is 0 Å². The van der Waals surface area contributed by atoms with Crippen molar-refractivity contribution in [3.8, 4) is 0 Å². The molecule has 0 fully saturated rings. The summed E-state index contributed by atoms with van der Waals surface area (Å²) in [6, 6.07) is 7.20. The lowest BCUT2D eigenvalue weighted by atomic mass is 9.93. The van der Waals surface area contributed by atoms with Crippen LogP contribution in [0.4, 0.5) is 4.79 Å². The molecule has 2 N–H and O–H groups in total. The summed E-state index contributed by atoms with van der Waals surface area (Å²) in [4.78, 5) is 25.8. The number of hydrogen-bond acceptors (Lipinski definition) is 4. The lowest BCUT2D eigenvalue weighted by molar-refractivity contribution is -0.139. The van der Waals surface area contributed by atoms with Crippen molar-refractivity contribution in [2.24, 2.45) is 0 Å². The predicted molar refractivity (Wildman–Crippen MR) is 100 cm³/mol. The van der Waals surface area contributed by atoms with E-state index in [9.17, 15) is 9.59 Å². The van der Waals surface area contributed by atoms with Crippen molar-refractivity contribution in [3.63, 3.8) is 0 Å². The Labute approximate surface area is 153 Å². The Bertz CT molecular complexity index is 641. The van der Waals surface area contributed by atoms with Crippen molar-refractivity contribution in [1.82, 2.24) is 10.6 Å². The molecule has 0 saturated carbocycles. The van der Waals surface area contributed by atoms with Crippen molar-refractivity contribution in [2.45, 2.75) is 51.0 Å². The second-order valence-corrected chi connectivity index (χ2v) is 7.09. The maximum Gasteiger partial charge on any atom is 0.338 e. The molecule has 1 heterocycles. The highest BCUT2D eigenvalue weighted by atomic mass is 32.2. The van der Waals surface area contributed by atoms with Gasteiger partial charge in [0.1, 0.15) is 0 Å². The van der Waals surface area contributed by atoms with Gasteiger partial charge in [-0.05, 0) is 43.2 Å². The van der Waals surface area contributed by atoms with Crippen molar-refractivity contribution in [1.29, 1.82) is 0 Å². The van der Waals surface area contributed by atoms with Crippen LogP contribution in [0.15, 0.2) is 40.4 Å². The summed E-state index contributed by atoms with van der Waals surface area (Å²) in [6.45, 7) is 6.27. The van der Waals surface area contributed by atoms with Crippen LogP contribution in [0, 0.1) is 0 Å². The SMILES string of the molecule is CCCCC1=C(C(=O)OCC)C(c2ccc(SCC)cc2)NC(=O)N1. The molecule has 0 aromatic heterocycles. The first-order chi connectivity index (χ1) is 12.1. The molecule has 0 spiro atoms. The number of rotatable bonds is 8. The van der Waals surface area contributed by atoms with Gasteiger partial charge in [0.15, 0.2) is 0 Å². The molecule has 1 aromatic carbocycles. The summed E-state index contributed by atoms with van der Waals surface area (Å²) in [7, 11) is 0. The first-order valence-electron chi connectivity index (χ1n) is 8.81. The lowest BCUT2D eigenvalue weighted by Gasteiger charge is -2.29. The molecule has 0 aliphatic carbocycles. The molecule has 0 radical (unpaired) electrons. The molecule has 1 atom stereocenters. The molecule has 2 amide bonds. The molecule has 136 valence electrons. The third-order valence-electron chi connectivity index (χ3n) is 3.95. The Morgan fingerprint density at radius 1 is 1.20 bits per heavy atom. The van der Waals surface area contributed by atoms with E-state index in [0.29, 0.717) is 24.3 Å². The average molecular weight is 362 g/mol. The minimum absolute atomic E-state index is 0.281. The molecular weight excluding hydrogens is 336 g/mol. The molecule has 6 heteroatoms. The van der Waals surface area contributed by atoms with E-state index >= 15 is 0 Å². The maximum absolute atomic E-state index is 12.6. The second kappa shape index (κ2) is 9.51. The number of allylic oxidation sites excluding steroid dienone is 1. The quantitative estimate of drug-likeness (QED) is 0.538. The molecule has 25 heavy (non-hydrogen) atoms. The van der Waals surface area contributed by atoms with Gasteiger partial charge in [0.2, 0.25) is 0 Å². The molecule has 2 rings (SSSR count). The number of ether oxygens (including phenoxy) is 1. The molecule has 1 aliphatic rings. The van der Waals surface area contributed by atoms with E-state index in [1.165, 1.54) is 4.90 Å². The summed E-state index contributed by atoms with van der Waals surface area (Å²) < 4.78 is 5.25. The second-order valence-electron chi connectivity index (χ2n) is 5.75. The van der Waals surface area contributed by atoms with Gasteiger partial charge in [-0.1, -0.05) is 32.4 Å². The van der Waals surface area contributed by atoms with Gasteiger partial charge >= 0.3 is 12.0 Å². The van der Waals surface area contributed by atoms with Crippen molar-refractivity contribution < 1.29 is 14.3 Å². The third kappa shape index (κ3) is 5.01. The zero-order valence-corrected chi connectivity index (χ0v) is 15.9. The molecule has 5 nitrogen and oxygen atoms in total. The van der Waals surface area contributed by atoms with Crippen LogP contribution >= 0.6 is 11.8 Å². The highest BCUT2D eigenvalue weighted by Crippen LogP contribution is 2.31. The molecule has 1 aromatic rings. The average Bonchev–Trinajstić information content (AvgIpc) is 2.60. The maximum atomic E-state index is 12.6. The largest absolute Gasteiger partial charge is 0.463 e. The number of unbranched alkanes of at least 4 members (excludes halogenated alkanes) is 1. The van der Waals surface area contributed by atoms with E-state index in [-0.39, 0.29) is 12.0 Å². The smallest absolute Gasteiger partial charge is 0.338 e. The lowest BCUT2D eigenvalue weighted by Crippen LogP contribution is -2.46. The van der Waals surface area contributed by atoms with Crippen molar-refractivity contribution in [2.75, 3.05) is 12.4 Å². The number of esters is 1. The van der Waals surface area contributed by atoms with Crippen LogP contribution in [0.3, 0.4) is 0 Å². The number of benzene rings is 1. The first kappa shape index (κ1) is 19.4. The van der Waals surface area contributed by atoms with Gasteiger partial charge in [0.25, 0.3) is 0 Å². The summed E-state index contributed by atoms with van der Waals surface area (Å²) in [6.07, 6.45) is 2.53. The van der Waals surface area contributed by atoms with E-state index < -0.39 is 6.04 Å². The molecule has 0 bridgehead atoms. The molecular formula is C19H26N2O3S. The van der Waals surface area contributed by atoms with Crippen LogP contribution in [0.2, 0.25) is 0 Å². The number of amides is 2. The number of nitrogens with one attached hydrogen (secondary N) is 2. The third-order valence-corrected chi connectivity index (χ3v) is 4.85. The Kier molecular flexibility index (Phi) is 7.37. The van der Waals surface area contributed by atoms with Crippen LogP contribution < -0.4 is 10.6 Å². The van der Waals surface area contributed by atoms with Gasteiger partial charge in [-0.25, -0.2) is 9.59 Å². The normalized spacial score (nSPS) is 17.1. The summed E-state index contributed by atoms with van der Waals surface area (Å²) in [5.74, 6) is 0.622. The molecule has 0 saturated heterocycles. The van der Waals surface area contributed by atoms with Crippen LogP contribution in [-0.2, 0) is 9.53 Å². The zero-order chi connectivity index (χ0) is 18.2. The molecule has 1 unspecified atom stereocenters. The first-order valence-corrected chi connectivity index (χ1v) is 9.79. The minimum atomic E-state index is -0.486. The monoisotopic (exact) mass is 362 g/mol. The summed E-state index contributed by atoms with van der Waals surface area (Å²) in [5, 5.41) is 5.66. The van der Waals surface area contributed by atoms with E-state index in [1.807, 2.05) is 24.3 Å². The van der Waals surface area contributed by atoms with Crippen molar-refractivity contribution in [3.05, 3.63) is 41.1 Å². The van der Waals surface area contributed by atoms with E-state index in [1.54, 1.807) is 18.7 Å². The Morgan fingerprint density at radius 3 is 2.52 bits per heavy atom. The van der Waals surface area contributed by atoms with Gasteiger partial charge in [0, 0.05) is 10.6 Å². The fourth-order valence-electron chi connectivity index (χ4n) is 2.79. The van der Waals surface area contributed by atoms with Crippen LogP contribution in [0.25, 0.3) is 0 Å². The number of carbonyl (C=O) groups is 2.